The third kappa shape index (κ3) is 5.86. The van der Waals surface area contributed by atoms with Gasteiger partial charge < -0.3 is 19.6 Å². The number of carboxylic acid groups (broad SMARTS) is 1. The first-order chi connectivity index (χ1) is 15.4. The highest BCUT2D eigenvalue weighted by atomic mass is 16.7. The largest absolute Gasteiger partial charge is 0.481 e. The molecule has 0 bridgehead atoms. The number of likely N-dealkylation sites (tertiary alicyclic amines) is 1. The van der Waals surface area contributed by atoms with Crippen molar-refractivity contribution >= 4 is 11.8 Å². The van der Waals surface area contributed by atoms with Crippen LogP contribution in [-0.4, -0.2) is 77.7 Å². The number of rotatable bonds is 6. The maximum absolute atomic E-state index is 10.9. The Hall–Kier alpha value is -2.00. The molecule has 8 nitrogen and oxygen atoms in total. The molecule has 32 heavy (non-hydrogen) atoms. The van der Waals surface area contributed by atoms with E-state index < -0.39 is 5.97 Å². The molecule has 0 radical (unpaired) electrons. The van der Waals surface area contributed by atoms with Crippen molar-refractivity contribution in [1.82, 2.24) is 15.3 Å². The zero-order valence-electron chi connectivity index (χ0n) is 19.1. The molecule has 3 fully saturated rings. The number of carbonyl (C=O) groups is 1. The Kier molecular flexibility index (Phi) is 7.45. The second kappa shape index (κ2) is 10.3. The molecule has 176 valence electrons. The summed E-state index contributed by atoms with van der Waals surface area (Å²) < 4.78 is 5.79. The monoisotopic (exact) mass is 444 g/mol. The van der Waals surface area contributed by atoms with E-state index in [9.17, 15) is 4.79 Å². The van der Waals surface area contributed by atoms with Gasteiger partial charge in [0.05, 0.1) is 24.4 Å². The third-order valence-corrected chi connectivity index (χ3v) is 6.83. The quantitative estimate of drug-likeness (QED) is 0.458. The van der Waals surface area contributed by atoms with Crippen molar-refractivity contribution in [3.8, 4) is 0 Å². The van der Waals surface area contributed by atoms with E-state index in [0.717, 1.165) is 57.5 Å². The average Bonchev–Trinajstić information content (AvgIpc) is 3.22. The van der Waals surface area contributed by atoms with Gasteiger partial charge in [-0.15, -0.1) is 0 Å². The van der Waals surface area contributed by atoms with Crippen LogP contribution in [0.25, 0.3) is 0 Å². The van der Waals surface area contributed by atoms with Crippen LogP contribution in [0.3, 0.4) is 0 Å². The van der Waals surface area contributed by atoms with Crippen molar-refractivity contribution in [3.63, 3.8) is 0 Å². The SMILES string of the molecule is CC1CN(C(=N)c2ccc(C3CC(CN4CCC(CC(=O)O)CC4)ON3)cc2)CC(C)O1. The summed E-state index contributed by atoms with van der Waals surface area (Å²) in [5.74, 6) is 0.170. The Morgan fingerprint density at radius 1 is 1.16 bits per heavy atom. The first-order valence-electron chi connectivity index (χ1n) is 11.8. The van der Waals surface area contributed by atoms with Gasteiger partial charge in [0.2, 0.25) is 0 Å². The van der Waals surface area contributed by atoms with E-state index in [1.54, 1.807) is 0 Å². The third-order valence-electron chi connectivity index (χ3n) is 6.83. The fraction of sp³-hybridized carbons (Fsp3) is 0.667. The van der Waals surface area contributed by atoms with Crippen LogP contribution in [0.5, 0.6) is 0 Å². The van der Waals surface area contributed by atoms with E-state index in [1.807, 2.05) is 12.1 Å². The summed E-state index contributed by atoms with van der Waals surface area (Å²) in [7, 11) is 0. The van der Waals surface area contributed by atoms with Crippen LogP contribution in [0.2, 0.25) is 0 Å². The molecule has 4 atom stereocenters. The number of hydrogen-bond acceptors (Lipinski definition) is 6. The van der Waals surface area contributed by atoms with E-state index in [-0.39, 0.29) is 30.8 Å². The van der Waals surface area contributed by atoms with Gasteiger partial charge in [-0.2, -0.15) is 5.48 Å². The van der Waals surface area contributed by atoms with Crippen LogP contribution in [0.1, 0.15) is 56.7 Å². The van der Waals surface area contributed by atoms with Crippen molar-refractivity contribution in [2.24, 2.45) is 5.92 Å². The van der Waals surface area contributed by atoms with E-state index >= 15 is 0 Å². The number of hydroxylamine groups is 1. The van der Waals surface area contributed by atoms with Gasteiger partial charge in [-0.1, -0.05) is 24.3 Å². The topological polar surface area (TPSA) is 98.1 Å². The van der Waals surface area contributed by atoms with E-state index in [2.05, 4.69) is 41.3 Å². The van der Waals surface area contributed by atoms with E-state index in [1.165, 1.54) is 5.56 Å². The highest BCUT2D eigenvalue weighted by Gasteiger charge is 2.30. The molecule has 3 N–H and O–H groups in total. The summed E-state index contributed by atoms with van der Waals surface area (Å²) in [6.07, 6.45) is 3.49. The Labute approximate surface area is 190 Å². The predicted molar refractivity (Wildman–Crippen MR) is 122 cm³/mol. The molecule has 4 rings (SSSR count). The lowest BCUT2D eigenvalue weighted by molar-refractivity contribution is -0.138. The summed E-state index contributed by atoms with van der Waals surface area (Å²) in [4.78, 5) is 21.3. The molecule has 0 spiro atoms. The zero-order valence-corrected chi connectivity index (χ0v) is 19.1. The molecular weight excluding hydrogens is 408 g/mol. The number of ether oxygens (including phenoxy) is 1. The number of aliphatic carboxylic acids is 1. The molecule has 0 aromatic heterocycles. The number of nitrogens with zero attached hydrogens (tertiary/aromatic N) is 2. The van der Waals surface area contributed by atoms with Gasteiger partial charge in [-0.25, -0.2) is 0 Å². The summed E-state index contributed by atoms with van der Waals surface area (Å²) >= 11 is 0. The lowest BCUT2D eigenvalue weighted by Crippen LogP contribution is -2.48. The first kappa shape index (κ1) is 23.2. The molecule has 4 unspecified atom stereocenters. The van der Waals surface area contributed by atoms with Crippen molar-refractivity contribution < 1.29 is 19.5 Å². The molecule has 3 saturated heterocycles. The van der Waals surface area contributed by atoms with Crippen molar-refractivity contribution in [3.05, 3.63) is 35.4 Å². The van der Waals surface area contributed by atoms with E-state index in [0.29, 0.717) is 11.8 Å². The van der Waals surface area contributed by atoms with Crippen LogP contribution in [-0.2, 0) is 14.4 Å². The van der Waals surface area contributed by atoms with Gasteiger partial charge in [0.25, 0.3) is 0 Å². The molecule has 0 amide bonds. The lowest BCUT2D eigenvalue weighted by Gasteiger charge is -2.36. The lowest BCUT2D eigenvalue weighted by atomic mass is 9.93. The Morgan fingerprint density at radius 3 is 2.44 bits per heavy atom. The molecule has 0 aliphatic carbocycles. The number of amidine groups is 1. The number of hydrogen-bond donors (Lipinski definition) is 3. The second-order valence-electron chi connectivity index (χ2n) is 9.62. The minimum atomic E-state index is -0.690. The fourth-order valence-corrected chi connectivity index (χ4v) is 5.18. The summed E-state index contributed by atoms with van der Waals surface area (Å²) in [5, 5.41) is 17.6. The van der Waals surface area contributed by atoms with Gasteiger partial charge in [0.15, 0.2) is 0 Å². The van der Waals surface area contributed by atoms with Crippen LogP contribution >= 0.6 is 0 Å². The summed E-state index contributed by atoms with van der Waals surface area (Å²) in [6, 6.07) is 8.40. The smallest absolute Gasteiger partial charge is 0.303 e. The highest BCUT2D eigenvalue weighted by molar-refractivity contribution is 5.96. The van der Waals surface area contributed by atoms with Crippen molar-refractivity contribution in [2.45, 2.75) is 63.9 Å². The second-order valence-corrected chi connectivity index (χ2v) is 9.62. The summed E-state index contributed by atoms with van der Waals surface area (Å²) in [6.45, 7) is 8.37. The molecule has 3 aliphatic heterocycles. The standard InChI is InChI=1S/C24H36N4O4/c1-16-13-28(14-17(2)31-16)24(25)20-5-3-19(4-6-20)22-12-21(32-26-22)15-27-9-7-18(8-10-27)11-23(29)30/h3-6,16-18,21-22,25-26H,7-15H2,1-2H3,(H,29,30). The minimum Gasteiger partial charge on any atom is -0.481 e. The van der Waals surface area contributed by atoms with Crippen LogP contribution in [0, 0.1) is 11.3 Å². The van der Waals surface area contributed by atoms with Crippen molar-refractivity contribution in [2.75, 3.05) is 32.7 Å². The first-order valence-corrected chi connectivity index (χ1v) is 11.8. The molecule has 0 saturated carbocycles. The molecule has 1 aromatic rings. The van der Waals surface area contributed by atoms with Crippen molar-refractivity contribution in [1.29, 1.82) is 5.41 Å². The number of nitrogens with one attached hydrogen (secondary N) is 2. The van der Waals surface area contributed by atoms with Crippen LogP contribution < -0.4 is 5.48 Å². The normalized spacial score (nSPS) is 29.9. The number of morpholine rings is 1. The fourth-order valence-electron chi connectivity index (χ4n) is 5.18. The molecular formula is C24H36N4O4. The van der Waals surface area contributed by atoms with Gasteiger partial charge in [0.1, 0.15) is 5.84 Å². The Balaban J connectivity index is 1.26. The van der Waals surface area contributed by atoms with Crippen LogP contribution in [0.4, 0.5) is 0 Å². The highest BCUT2D eigenvalue weighted by Crippen LogP contribution is 2.28. The molecule has 8 heteroatoms. The molecule has 3 aliphatic rings. The molecule has 3 heterocycles. The zero-order chi connectivity index (χ0) is 22.7. The minimum absolute atomic E-state index is 0.130. The number of carboxylic acids is 1. The Bertz CT molecular complexity index is 784. The Morgan fingerprint density at radius 2 is 1.81 bits per heavy atom. The summed E-state index contributed by atoms with van der Waals surface area (Å²) in [5.41, 5.74) is 5.29. The predicted octanol–water partition coefficient (Wildman–Crippen LogP) is 2.64. The average molecular weight is 445 g/mol. The maximum atomic E-state index is 10.9. The molecule has 1 aromatic carbocycles. The number of piperidine rings is 1. The van der Waals surface area contributed by atoms with E-state index in [4.69, 9.17) is 20.1 Å². The van der Waals surface area contributed by atoms with Gasteiger partial charge >= 0.3 is 5.97 Å². The van der Waals surface area contributed by atoms with Gasteiger partial charge in [-0.05, 0) is 57.7 Å². The maximum Gasteiger partial charge on any atom is 0.303 e. The van der Waals surface area contributed by atoms with Gasteiger partial charge in [0, 0.05) is 31.6 Å². The number of benzene rings is 1. The van der Waals surface area contributed by atoms with Crippen LogP contribution in [0.15, 0.2) is 24.3 Å². The van der Waals surface area contributed by atoms with Gasteiger partial charge in [-0.3, -0.25) is 15.0 Å².